The molecule has 0 aliphatic carbocycles. The van der Waals surface area contributed by atoms with Crippen LogP contribution in [0.1, 0.15) is 25.0 Å². The molecule has 2 aromatic rings. The first-order valence-corrected chi connectivity index (χ1v) is 7.90. The molecule has 0 amide bonds. The highest BCUT2D eigenvalue weighted by molar-refractivity contribution is 6.07. The fourth-order valence-corrected chi connectivity index (χ4v) is 2.03. The van der Waals surface area contributed by atoms with Gasteiger partial charge in [-0.3, -0.25) is 10.8 Å². The molecule has 0 unspecified atom stereocenters. The van der Waals surface area contributed by atoms with E-state index in [-0.39, 0.29) is 11.8 Å². The first-order chi connectivity index (χ1) is 12.5. The van der Waals surface area contributed by atoms with Crippen LogP contribution in [0.3, 0.4) is 0 Å². The number of para-hydroxylation sites is 1. The predicted octanol–water partition coefficient (Wildman–Crippen LogP) is 4.99. The number of benzene rings is 2. The molecule has 0 aliphatic rings. The Balaban J connectivity index is 2.22. The van der Waals surface area contributed by atoms with E-state index in [9.17, 15) is 18.0 Å². The van der Waals surface area contributed by atoms with Gasteiger partial charge in [-0.15, -0.1) is 0 Å². The van der Waals surface area contributed by atoms with Crippen LogP contribution in [-0.4, -0.2) is 18.1 Å². The SMILES string of the molecule is CC(C)(C=O)C(=N)OC(=N)c1ccccc1Nc1ccc(C(F)(F)F)cc1. The van der Waals surface area contributed by atoms with Gasteiger partial charge in [0.2, 0.25) is 11.8 Å². The Labute approximate surface area is 154 Å². The fraction of sp³-hybridized carbons (Fsp3) is 0.211. The van der Waals surface area contributed by atoms with Gasteiger partial charge in [-0.25, -0.2) is 0 Å². The zero-order valence-electron chi connectivity index (χ0n) is 14.6. The van der Waals surface area contributed by atoms with Crippen LogP contribution >= 0.6 is 0 Å². The summed E-state index contributed by atoms with van der Waals surface area (Å²) >= 11 is 0. The largest absolute Gasteiger partial charge is 0.424 e. The van der Waals surface area contributed by atoms with Crippen molar-refractivity contribution >= 4 is 29.5 Å². The van der Waals surface area contributed by atoms with E-state index in [0.717, 1.165) is 12.1 Å². The number of hydrogen-bond donors (Lipinski definition) is 3. The first-order valence-electron chi connectivity index (χ1n) is 7.90. The molecule has 0 atom stereocenters. The quantitative estimate of drug-likeness (QED) is 0.390. The summed E-state index contributed by atoms with van der Waals surface area (Å²) in [5, 5.41) is 18.8. The van der Waals surface area contributed by atoms with Crippen molar-refractivity contribution in [2.45, 2.75) is 20.0 Å². The predicted molar refractivity (Wildman–Crippen MR) is 96.7 cm³/mol. The molecule has 5 nitrogen and oxygen atoms in total. The van der Waals surface area contributed by atoms with E-state index >= 15 is 0 Å². The Kier molecular flexibility index (Phi) is 5.68. The number of alkyl halides is 3. The third-order valence-corrected chi connectivity index (χ3v) is 3.75. The molecule has 3 N–H and O–H groups in total. The molecule has 0 bridgehead atoms. The van der Waals surface area contributed by atoms with Crippen LogP contribution in [0.15, 0.2) is 48.5 Å². The Bertz CT molecular complexity index is 859. The molecule has 27 heavy (non-hydrogen) atoms. The van der Waals surface area contributed by atoms with Gasteiger partial charge < -0.3 is 14.8 Å². The normalized spacial score (nSPS) is 11.6. The van der Waals surface area contributed by atoms with Crippen LogP contribution in [0.2, 0.25) is 0 Å². The van der Waals surface area contributed by atoms with E-state index in [1.54, 1.807) is 24.3 Å². The number of anilines is 2. The van der Waals surface area contributed by atoms with E-state index in [0.29, 0.717) is 23.2 Å². The lowest BCUT2D eigenvalue weighted by Gasteiger charge is -2.20. The summed E-state index contributed by atoms with van der Waals surface area (Å²) < 4.78 is 43.1. The number of aldehydes is 1. The number of nitrogens with one attached hydrogen (secondary N) is 3. The van der Waals surface area contributed by atoms with Gasteiger partial charge in [0.1, 0.15) is 6.29 Å². The summed E-state index contributed by atoms with van der Waals surface area (Å²) in [6, 6.07) is 11.0. The van der Waals surface area contributed by atoms with Gasteiger partial charge in [0.05, 0.1) is 22.2 Å². The first kappa shape index (κ1) is 20.2. The maximum absolute atomic E-state index is 12.7. The van der Waals surface area contributed by atoms with Gasteiger partial charge in [0.15, 0.2) is 0 Å². The molecule has 0 saturated carbocycles. The van der Waals surface area contributed by atoms with Crippen LogP contribution in [0, 0.1) is 16.2 Å². The molecule has 2 rings (SSSR count). The second-order valence-corrected chi connectivity index (χ2v) is 6.35. The summed E-state index contributed by atoms with van der Waals surface area (Å²) in [7, 11) is 0. The molecular formula is C19H18F3N3O2. The van der Waals surface area contributed by atoms with E-state index in [4.69, 9.17) is 15.6 Å². The van der Waals surface area contributed by atoms with E-state index in [2.05, 4.69) is 5.32 Å². The standard InChI is InChI=1S/C19H18F3N3O2/c1-18(2,11-26)17(24)27-16(23)14-5-3-4-6-15(14)25-13-9-7-12(8-10-13)19(20,21)22/h3-11,23-25H,1-2H3. The lowest BCUT2D eigenvalue weighted by molar-refractivity contribution is -0.137. The second kappa shape index (κ2) is 7.61. The zero-order chi connectivity index (χ0) is 20.2. The molecule has 0 saturated heterocycles. The summed E-state index contributed by atoms with van der Waals surface area (Å²) in [6.07, 6.45) is -3.87. The van der Waals surface area contributed by atoms with E-state index in [1.807, 2.05) is 0 Å². The van der Waals surface area contributed by atoms with Crippen molar-refractivity contribution in [3.63, 3.8) is 0 Å². The number of rotatable bonds is 5. The molecule has 0 spiro atoms. The van der Waals surface area contributed by atoms with Crippen LogP contribution in [-0.2, 0) is 15.7 Å². The number of halogens is 3. The smallest absolute Gasteiger partial charge is 0.416 e. The number of ether oxygens (including phenoxy) is 1. The minimum absolute atomic E-state index is 0.295. The van der Waals surface area contributed by atoms with Gasteiger partial charge >= 0.3 is 6.18 Å². The lowest BCUT2D eigenvalue weighted by atomic mass is 9.96. The second-order valence-electron chi connectivity index (χ2n) is 6.35. The molecule has 2 aromatic carbocycles. The van der Waals surface area contributed by atoms with Crippen molar-refractivity contribution in [3.8, 4) is 0 Å². The number of carbonyl (C=O) groups is 1. The van der Waals surface area contributed by atoms with Crippen LogP contribution in [0.4, 0.5) is 24.5 Å². The van der Waals surface area contributed by atoms with Crippen molar-refractivity contribution in [3.05, 3.63) is 59.7 Å². The highest BCUT2D eigenvalue weighted by Crippen LogP contribution is 2.31. The Morgan fingerprint density at radius 3 is 2.19 bits per heavy atom. The minimum Gasteiger partial charge on any atom is -0.424 e. The molecule has 0 heterocycles. The minimum atomic E-state index is -4.42. The van der Waals surface area contributed by atoms with Gasteiger partial charge in [0.25, 0.3) is 0 Å². The van der Waals surface area contributed by atoms with Crippen molar-refractivity contribution in [1.82, 2.24) is 0 Å². The third-order valence-electron chi connectivity index (χ3n) is 3.75. The van der Waals surface area contributed by atoms with Crippen molar-refractivity contribution in [2.75, 3.05) is 5.32 Å². The van der Waals surface area contributed by atoms with E-state index < -0.39 is 17.2 Å². The lowest BCUT2D eigenvalue weighted by Crippen LogP contribution is -2.29. The summed E-state index contributed by atoms with van der Waals surface area (Å²) in [6.45, 7) is 2.98. The number of hydrogen-bond acceptors (Lipinski definition) is 5. The summed E-state index contributed by atoms with van der Waals surface area (Å²) in [5.74, 6) is -0.739. The van der Waals surface area contributed by atoms with Crippen LogP contribution < -0.4 is 5.32 Å². The van der Waals surface area contributed by atoms with Gasteiger partial charge in [-0.05, 0) is 50.2 Å². The monoisotopic (exact) mass is 377 g/mol. The zero-order valence-corrected chi connectivity index (χ0v) is 14.6. The Morgan fingerprint density at radius 2 is 1.63 bits per heavy atom. The fourth-order valence-electron chi connectivity index (χ4n) is 2.03. The van der Waals surface area contributed by atoms with E-state index in [1.165, 1.54) is 26.0 Å². The highest BCUT2D eigenvalue weighted by Gasteiger charge is 2.30. The molecule has 0 fully saturated rings. The van der Waals surface area contributed by atoms with Gasteiger partial charge in [-0.2, -0.15) is 13.2 Å². The van der Waals surface area contributed by atoms with Crippen LogP contribution in [0.25, 0.3) is 0 Å². The molecule has 0 aromatic heterocycles. The van der Waals surface area contributed by atoms with Crippen LogP contribution in [0.5, 0.6) is 0 Å². The molecular weight excluding hydrogens is 359 g/mol. The maximum Gasteiger partial charge on any atom is 0.416 e. The topological polar surface area (TPSA) is 86.0 Å². The molecule has 8 heteroatoms. The number of carbonyl (C=O) groups excluding carboxylic acids is 1. The maximum atomic E-state index is 12.7. The van der Waals surface area contributed by atoms with Gasteiger partial charge in [-0.1, -0.05) is 12.1 Å². The van der Waals surface area contributed by atoms with Crippen molar-refractivity contribution < 1.29 is 22.7 Å². The summed E-state index contributed by atoms with van der Waals surface area (Å²) in [4.78, 5) is 11.0. The average molecular weight is 377 g/mol. The average Bonchev–Trinajstić information content (AvgIpc) is 2.61. The van der Waals surface area contributed by atoms with Crippen molar-refractivity contribution in [1.29, 1.82) is 10.8 Å². The Morgan fingerprint density at radius 1 is 1.04 bits per heavy atom. The third kappa shape index (κ3) is 4.93. The molecule has 142 valence electrons. The van der Waals surface area contributed by atoms with Crippen molar-refractivity contribution in [2.24, 2.45) is 5.41 Å². The molecule has 0 radical (unpaired) electrons. The summed E-state index contributed by atoms with van der Waals surface area (Å²) in [5.41, 5.74) is -0.835. The highest BCUT2D eigenvalue weighted by atomic mass is 19.4. The van der Waals surface area contributed by atoms with Gasteiger partial charge in [0, 0.05) is 5.69 Å². The Hall–Kier alpha value is -3.16. The molecule has 0 aliphatic heterocycles.